The molecule has 5 heteroatoms. The number of carbonyl (C=O) groups excluding carboxylic acids is 1. The minimum absolute atomic E-state index is 0.0740. The fourth-order valence-corrected chi connectivity index (χ4v) is 1.34. The first-order valence-electron chi connectivity index (χ1n) is 4.96. The van der Waals surface area contributed by atoms with Crippen LogP contribution in [0.15, 0.2) is 18.2 Å². The maximum Gasteiger partial charge on any atom is 0.252 e. The molecule has 0 aromatic heterocycles. The number of hydrogen-bond donors (Lipinski definition) is 2. The van der Waals surface area contributed by atoms with Crippen molar-refractivity contribution >= 4 is 17.5 Å². The van der Waals surface area contributed by atoms with Crippen molar-refractivity contribution in [2.45, 2.75) is 19.4 Å². The summed E-state index contributed by atoms with van der Waals surface area (Å²) >= 11 is 5.64. The number of carbonyl (C=O) groups is 1. The summed E-state index contributed by atoms with van der Waals surface area (Å²) in [7, 11) is 0. The molecule has 0 heterocycles. The van der Waals surface area contributed by atoms with E-state index in [2.05, 4.69) is 5.32 Å². The highest BCUT2D eigenvalue weighted by atomic mass is 35.5. The van der Waals surface area contributed by atoms with Gasteiger partial charge in [-0.3, -0.25) is 4.79 Å². The van der Waals surface area contributed by atoms with E-state index < -0.39 is 17.8 Å². The Hall–Kier alpha value is -1.13. The molecule has 16 heavy (non-hydrogen) atoms. The molecule has 0 fully saturated rings. The van der Waals surface area contributed by atoms with Gasteiger partial charge in [-0.25, -0.2) is 4.39 Å². The van der Waals surface area contributed by atoms with Gasteiger partial charge in [0.15, 0.2) is 0 Å². The topological polar surface area (TPSA) is 49.3 Å². The van der Waals surface area contributed by atoms with Crippen LogP contribution in [0.2, 0.25) is 5.02 Å². The number of amides is 1. The second-order valence-corrected chi connectivity index (χ2v) is 3.75. The molecule has 1 atom stereocenters. The Balaban J connectivity index is 2.70. The van der Waals surface area contributed by atoms with Crippen LogP contribution in [0.3, 0.4) is 0 Å². The molecule has 1 unspecified atom stereocenters. The molecule has 1 rings (SSSR count). The fraction of sp³-hybridized carbons (Fsp3) is 0.364. The van der Waals surface area contributed by atoms with Crippen LogP contribution in [0.25, 0.3) is 0 Å². The summed E-state index contributed by atoms with van der Waals surface area (Å²) in [5, 5.41) is 11.5. The third kappa shape index (κ3) is 3.18. The van der Waals surface area contributed by atoms with Crippen molar-refractivity contribution in [3.05, 3.63) is 34.6 Å². The Morgan fingerprint density at radius 2 is 2.31 bits per heavy atom. The van der Waals surface area contributed by atoms with E-state index in [-0.39, 0.29) is 17.1 Å². The van der Waals surface area contributed by atoms with Crippen LogP contribution in [-0.4, -0.2) is 23.7 Å². The third-order valence-corrected chi connectivity index (χ3v) is 2.55. The quantitative estimate of drug-likeness (QED) is 0.852. The van der Waals surface area contributed by atoms with Gasteiger partial charge >= 0.3 is 0 Å². The van der Waals surface area contributed by atoms with Crippen molar-refractivity contribution in [1.82, 2.24) is 5.32 Å². The van der Waals surface area contributed by atoms with Gasteiger partial charge in [-0.15, -0.1) is 0 Å². The number of hydrogen-bond acceptors (Lipinski definition) is 2. The van der Waals surface area contributed by atoms with E-state index >= 15 is 0 Å². The minimum atomic E-state index is -0.634. The molecule has 0 spiro atoms. The van der Waals surface area contributed by atoms with Gasteiger partial charge in [0.05, 0.1) is 16.7 Å². The first-order valence-corrected chi connectivity index (χ1v) is 5.34. The normalized spacial score (nSPS) is 12.2. The lowest BCUT2D eigenvalue weighted by molar-refractivity contribution is 0.0913. The zero-order valence-corrected chi connectivity index (χ0v) is 9.59. The van der Waals surface area contributed by atoms with E-state index in [0.29, 0.717) is 6.42 Å². The summed E-state index contributed by atoms with van der Waals surface area (Å²) in [5.41, 5.74) is 0.0740. The molecule has 88 valence electrons. The monoisotopic (exact) mass is 245 g/mol. The number of aliphatic hydroxyl groups is 1. The van der Waals surface area contributed by atoms with Crippen molar-refractivity contribution in [1.29, 1.82) is 0 Å². The van der Waals surface area contributed by atoms with E-state index in [4.69, 9.17) is 11.6 Å². The summed E-state index contributed by atoms with van der Waals surface area (Å²) in [6.45, 7) is 1.92. The van der Waals surface area contributed by atoms with Gasteiger partial charge in [-0.05, 0) is 18.6 Å². The van der Waals surface area contributed by atoms with Gasteiger partial charge in [0.2, 0.25) is 0 Å². The van der Waals surface area contributed by atoms with Crippen LogP contribution in [0, 0.1) is 5.82 Å². The molecule has 1 amide bonds. The summed E-state index contributed by atoms with van der Waals surface area (Å²) in [6, 6.07) is 4.02. The number of nitrogens with one attached hydrogen (secondary N) is 1. The Kier molecular flexibility index (Phi) is 4.71. The van der Waals surface area contributed by atoms with E-state index in [9.17, 15) is 14.3 Å². The average molecular weight is 246 g/mol. The molecule has 0 aliphatic heterocycles. The molecule has 0 aliphatic rings. The van der Waals surface area contributed by atoms with Gasteiger partial charge in [0, 0.05) is 6.54 Å². The minimum Gasteiger partial charge on any atom is -0.391 e. The first kappa shape index (κ1) is 12.9. The van der Waals surface area contributed by atoms with Crippen LogP contribution in [-0.2, 0) is 0 Å². The van der Waals surface area contributed by atoms with Crippen LogP contribution in [0.5, 0.6) is 0 Å². The Labute approximate surface area is 98.2 Å². The zero-order valence-electron chi connectivity index (χ0n) is 8.84. The highest BCUT2D eigenvalue weighted by Crippen LogP contribution is 2.19. The highest BCUT2D eigenvalue weighted by Gasteiger charge is 2.13. The largest absolute Gasteiger partial charge is 0.391 e. The first-order chi connectivity index (χ1) is 7.56. The second kappa shape index (κ2) is 5.82. The average Bonchev–Trinajstić information content (AvgIpc) is 2.29. The van der Waals surface area contributed by atoms with Crippen molar-refractivity contribution in [3.8, 4) is 0 Å². The van der Waals surface area contributed by atoms with Gasteiger partial charge in [0.1, 0.15) is 5.82 Å². The predicted octanol–water partition coefficient (Wildman–Crippen LogP) is 1.98. The van der Waals surface area contributed by atoms with Crippen molar-refractivity contribution in [3.63, 3.8) is 0 Å². The van der Waals surface area contributed by atoms with Gasteiger partial charge in [-0.1, -0.05) is 24.6 Å². The third-order valence-electron chi connectivity index (χ3n) is 2.17. The molecule has 3 nitrogen and oxygen atoms in total. The smallest absolute Gasteiger partial charge is 0.252 e. The van der Waals surface area contributed by atoms with Crippen molar-refractivity contribution in [2.75, 3.05) is 6.54 Å². The Bertz CT molecular complexity index is 384. The Morgan fingerprint density at radius 3 is 2.94 bits per heavy atom. The van der Waals surface area contributed by atoms with E-state index in [1.807, 2.05) is 0 Å². The van der Waals surface area contributed by atoms with Gasteiger partial charge < -0.3 is 10.4 Å². The van der Waals surface area contributed by atoms with E-state index in [1.165, 1.54) is 18.2 Å². The predicted molar refractivity (Wildman–Crippen MR) is 60.0 cm³/mol. The number of rotatable bonds is 4. The molecule has 0 saturated carbocycles. The maximum absolute atomic E-state index is 13.0. The lowest BCUT2D eigenvalue weighted by atomic mass is 10.2. The maximum atomic E-state index is 13.0. The van der Waals surface area contributed by atoms with Crippen LogP contribution < -0.4 is 5.32 Å². The van der Waals surface area contributed by atoms with E-state index in [1.54, 1.807) is 6.92 Å². The molecule has 2 N–H and O–H groups in total. The van der Waals surface area contributed by atoms with E-state index in [0.717, 1.165) is 0 Å². The van der Waals surface area contributed by atoms with Crippen LogP contribution >= 0.6 is 11.6 Å². The standard InChI is InChI=1S/C11H13ClFNO2/c1-2-7(15)6-14-11(16)8-4-3-5-9(13)10(8)12/h3-5,7,15H,2,6H2,1H3,(H,14,16). The zero-order chi connectivity index (χ0) is 12.1. The highest BCUT2D eigenvalue weighted by molar-refractivity contribution is 6.34. The second-order valence-electron chi connectivity index (χ2n) is 3.37. The molecule has 1 aromatic carbocycles. The summed E-state index contributed by atoms with van der Waals surface area (Å²) in [6.07, 6.45) is -0.0618. The Morgan fingerprint density at radius 1 is 1.62 bits per heavy atom. The summed E-state index contributed by atoms with van der Waals surface area (Å²) in [4.78, 5) is 11.6. The number of aliphatic hydroxyl groups excluding tert-OH is 1. The number of halogens is 2. The molecule has 0 radical (unpaired) electrons. The van der Waals surface area contributed by atoms with Gasteiger partial charge in [-0.2, -0.15) is 0 Å². The lowest BCUT2D eigenvalue weighted by Crippen LogP contribution is -2.31. The fourth-order valence-electron chi connectivity index (χ4n) is 1.13. The molecule has 0 bridgehead atoms. The van der Waals surface area contributed by atoms with Crippen molar-refractivity contribution < 1.29 is 14.3 Å². The van der Waals surface area contributed by atoms with Crippen LogP contribution in [0.1, 0.15) is 23.7 Å². The molecule has 0 aliphatic carbocycles. The molecular formula is C11H13ClFNO2. The summed E-state index contributed by atoms with van der Waals surface area (Å²) < 4.78 is 13.0. The molecule has 1 aromatic rings. The van der Waals surface area contributed by atoms with Gasteiger partial charge in [0.25, 0.3) is 5.91 Å². The van der Waals surface area contributed by atoms with Crippen molar-refractivity contribution in [2.24, 2.45) is 0 Å². The number of benzene rings is 1. The molecule has 0 saturated heterocycles. The SMILES string of the molecule is CCC(O)CNC(=O)c1cccc(F)c1Cl. The van der Waals surface area contributed by atoms with Crippen LogP contribution in [0.4, 0.5) is 4.39 Å². The lowest BCUT2D eigenvalue weighted by Gasteiger charge is -2.10. The molecular weight excluding hydrogens is 233 g/mol. The summed E-state index contributed by atoms with van der Waals surface area (Å²) in [5.74, 6) is -1.12.